The first-order chi connectivity index (χ1) is 9.33. The number of likely N-dealkylation sites (tertiary alicyclic amines) is 2. The van der Waals surface area contributed by atoms with Crippen molar-refractivity contribution in [2.24, 2.45) is 5.92 Å². The maximum atomic E-state index is 5.18. The Labute approximate surface area is 119 Å². The third-order valence-electron chi connectivity index (χ3n) is 4.96. The Morgan fingerprint density at radius 3 is 2.74 bits per heavy atom. The molecule has 0 radical (unpaired) electrons. The highest BCUT2D eigenvalue weighted by Crippen LogP contribution is 2.25. The van der Waals surface area contributed by atoms with Gasteiger partial charge in [0, 0.05) is 32.8 Å². The van der Waals surface area contributed by atoms with Crippen LogP contribution in [0.2, 0.25) is 0 Å². The largest absolute Gasteiger partial charge is 0.385 e. The number of piperidine rings is 2. The van der Waals surface area contributed by atoms with Gasteiger partial charge in [0.25, 0.3) is 0 Å². The molecule has 0 aromatic carbocycles. The van der Waals surface area contributed by atoms with Crippen LogP contribution in [0, 0.1) is 5.92 Å². The van der Waals surface area contributed by atoms with E-state index in [9.17, 15) is 0 Å². The summed E-state index contributed by atoms with van der Waals surface area (Å²) in [7, 11) is 1.81. The number of rotatable bonds is 6. The summed E-state index contributed by atoms with van der Waals surface area (Å²) in [6, 6.07) is 0.832. The van der Waals surface area contributed by atoms with Crippen molar-refractivity contribution in [2.75, 3.05) is 46.4 Å². The summed E-state index contributed by atoms with van der Waals surface area (Å²) in [6.07, 6.45) is 8.24. The lowest BCUT2D eigenvalue weighted by Crippen LogP contribution is -2.51. The Morgan fingerprint density at radius 1 is 1.11 bits per heavy atom. The second kappa shape index (κ2) is 8.23. The molecule has 2 heterocycles. The van der Waals surface area contributed by atoms with Crippen LogP contribution in [0.4, 0.5) is 0 Å². The van der Waals surface area contributed by atoms with Crippen LogP contribution >= 0.6 is 0 Å². The van der Waals surface area contributed by atoms with Gasteiger partial charge in [0.1, 0.15) is 0 Å². The van der Waals surface area contributed by atoms with Crippen molar-refractivity contribution < 1.29 is 4.74 Å². The van der Waals surface area contributed by atoms with Crippen LogP contribution in [-0.2, 0) is 4.74 Å². The van der Waals surface area contributed by atoms with Crippen LogP contribution in [0.1, 0.15) is 45.4 Å². The van der Waals surface area contributed by atoms with E-state index in [0.717, 1.165) is 18.6 Å². The Morgan fingerprint density at radius 2 is 1.95 bits per heavy atom. The summed E-state index contributed by atoms with van der Waals surface area (Å²) >= 11 is 0. The molecule has 0 N–H and O–H groups in total. The van der Waals surface area contributed by atoms with Crippen LogP contribution in [0.15, 0.2) is 0 Å². The Bertz CT molecular complexity index is 247. The summed E-state index contributed by atoms with van der Waals surface area (Å²) in [5, 5.41) is 0. The van der Waals surface area contributed by atoms with Crippen molar-refractivity contribution in [3.05, 3.63) is 0 Å². The van der Waals surface area contributed by atoms with E-state index in [-0.39, 0.29) is 0 Å². The molecule has 2 saturated heterocycles. The number of nitrogens with zero attached hydrogens (tertiary/aromatic N) is 2. The zero-order valence-electron chi connectivity index (χ0n) is 12.9. The van der Waals surface area contributed by atoms with Gasteiger partial charge in [0.2, 0.25) is 0 Å². The van der Waals surface area contributed by atoms with E-state index in [1.54, 1.807) is 0 Å². The number of ether oxygens (including phenoxy) is 1. The van der Waals surface area contributed by atoms with E-state index in [0.29, 0.717) is 0 Å². The molecule has 0 aliphatic carbocycles. The fourth-order valence-electron chi connectivity index (χ4n) is 3.80. The number of hydrogen-bond acceptors (Lipinski definition) is 3. The van der Waals surface area contributed by atoms with Crippen molar-refractivity contribution in [2.45, 2.75) is 51.5 Å². The molecule has 2 aliphatic rings. The molecule has 112 valence electrons. The minimum atomic E-state index is 0.832. The molecule has 0 aromatic rings. The highest BCUT2D eigenvalue weighted by Gasteiger charge is 2.28. The van der Waals surface area contributed by atoms with E-state index in [4.69, 9.17) is 4.74 Å². The maximum absolute atomic E-state index is 5.18. The second-order valence-corrected chi connectivity index (χ2v) is 6.33. The molecule has 3 heteroatoms. The summed E-state index contributed by atoms with van der Waals surface area (Å²) in [5.41, 5.74) is 0. The Balaban J connectivity index is 1.76. The van der Waals surface area contributed by atoms with E-state index >= 15 is 0 Å². The topological polar surface area (TPSA) is 15.7 Å². The van der Waals surface area contributed by atoms with Crippen LogP contribution in [0.3, 0.4) is 0 Å². The minimum absolute atomic E-state index is 0.832. The average molecular weight is 268 g/mol. The van der Waals surface area contributed by atoms with Crippen molar-refractivity contribution in [1.82, 2.24) is 9.80 Å². The number of hydrogen-bond donors (Lipinski definition) is 0. The molecule has 2 aliphatic heterocycles. The van der Waals surface area contributed by atoms with Gasteiger partial charge in [0.05, 0.1) is 0 Å². The van der Waals surface area contributed by atoms with Gasteiger partial charge in [-0.25, -0.2) is 0 Å². The lowest BCUT2D eigenvalue weighted by Gasteiger charge is -2.43. The van der Waals surface area contributed by atoms with Gasteiger partial charge in [-0.15, -0.1) is 0 Å². The molecule has 2 atom stereocenters. The van der Waals surface area contributed by atoms with Crippen molar-refractivity contribution in [1.29, 1.82) is 0 Å². The van der Waals surface area contributed by atoms with Crippen LogP contribution in [0.25, 0.3) is 0 Å². The highest BCUT2D eigenvalue weighted by molar-refractivity contribution is 4.84. The van der Waals surface area contributed by atoms with Gasteiger partial charge >= 0.3 is 0 Å². The third-order valence-corrected chi connectivity index (χ3v) is 4.96. The normalized spacial score (nSPS) is 30.6. The fraction of sp³-hybridized carbons (Fsp3) is 1.00. The Kier molecular flexibility index (Phi) is 6.62. The Hall–Kier alpha value is -0.120. The molecule has 0 spiro atoms. The first-order valence-electron chi connectivity index (χ1n) is 8.28. The highest BCUT2D eigenvalue weighted by atomic mass is 16.5. The van der Waals surface area contributed by atoms with E-state index in [1.807, 2.05) is 7.11 Å². The zero-order chi connectivity index (χ0) is 13.5. The van der Waals surface area contributed by atoms with Crippen molar-refractivity contribution >= 4 is 0 Å². The molecule has 0 unspecified atom stereocenters. The van der Waals surface area contributed by atoms with Gasteiger partial charge in [-0.2, -0.15) is 0 Å². The fourth-order valence-corrected chi connectivity index (χ4v) is 3.80. The first-order valence-corrected chi connectivity index (χ1v) is 8.28. The minimum Gasteiger partial charge on any atom is -0.385 e. The lowest BCUT2D eigenvalue weighted by atomic mass is 9.91. The zero-order valence-corrected chi connectivity index (χ0v) is 12.9. The molecule has 19 heavy (non-hydrogen) atoms. The molecular formula is C16H32N2O. The molecule has 2 rings (SSSR count). The maximum Gasteiger partial charge on any atom is 0.0462 e. The van der Waals surface area contributed by atoms with Gasteiger partial charge in [-0.3, -0.25) is 4.90 Å². The first kappa shape index (κ1) is 15.3. The van der Waals surface area contributed by atoms with Crippen molar-refractivity contribution in [3.8, 4) is 0 Å². The molecule has 0 saturated carbocycles. The predicted molar refractivity (Wildman–Crippen MR) is 80.5 cm³/mol. The van der Waals surface area contributed by atoms with Gasteiger partial charge in [-0.1, -0.05) is 6.92 Å². The standard InChI is InChI=1S/C16H32N2O/c1-3-17-10-5-9-16(14-17)18-11-4-7-15(13-18)8-6-12-19-2/h15-16H,3-14H2,1-2H3/t15-,16-/m0/s1. The summed E-state index contributed by atoms with van der Waals surface area (Å²) in [4.78, 5) is 5.42. The monoisotopic (exact) mass is 268 g/mol. The summed E-state index contributed by atoms with van der Waals surface area (Å²) in [6.45, 7) is 9.76. The van der Waals surface area contributed by atoms with Crippen LogP contribution < -0.4 is 0 Å². The molecular weight excluding hydrogens is 236 g/mol. The smallest absolute Gasteiger partial charge is 0.0462 e. The SMILES string of the molecule is CCN1CCC[C@H](N2CCC[C@@H](CCCOC)C2)C1. The van der Waals surface area contributed by atoms with Gasteiger partial charge in [-0.05, 0) is 64.1 Å². The molecule has 0 aromatic heterocycles. The molecule has 0 amide bonds. The van der Waals surface area contributed by atoms with Gasteiger partial charge in [0.15, 0.2) is 0 Å². The van der Waals surface area contributed by atoms with Crippen LogP contribution in [0.5, 0.6) is 0 Å². The van der Waals surface area contributed by atoms with E-state index in [2.05, 4.69) is 16.7 Å². The average Bonchev–Trinajstić information content (AvgIpc) is 2.48. The van der Waals surface area contributed by atoms with Gasteiger partial charge < -0.3 is 9.64 Å². The second-order valence-electron chi connectivity index (χ2n) is 6.33. The lowest BCUT2D eigenvalue weighted by molar-refractivity contribution is 0.0607. The summed E-state index contributed by atoms with van der Waals surface area (Å²) < 4.78 is 5.18. The van der Waals surface area contributed by atoms with Crippen LogP contribution in [-0.4, -0.2) is 62.3 Å². The number of methoxy groups -OCH3 is 1. The quantitative estimate of drug-likeness (QED) is 0.689. The predicted octanol–water partition coefficient (Wildman–Crippen LogP) is 2.61. The van der Waals surface area contributed by atoms with E-state index in [1.165, 1.54) is 71.2 Å². The molecule has 3 nitrogen and oxygen atoms in total. The third kappa shape index (κ3) is 4.73. The molecule has 2 fully saturated rings. The molecule has 0 bridgehead atoms. The summed E-state index contributed by atoms with van der Waals surface area (Å²) in [5.74, 6) is 0.918. The van der Waals surface area contributed by atoms with E-state index < -0.39 is 0 Å². The number of likely N-dealkylation sites (N-methyl/N-ethyl adjacent to an activating group) is 1. The van der Waals surface area contributed by atoms with Crippen molar-refractivity contribution in [3.63, 3.8) is 0 Å².